The average Bonchev–Trinajstić information content (AvgIpc) is 3.38. The largest absolute Gasteiger partial charge is 0.504 e. The summed E-state index contributed by atoms with van der Waals surface area (Å²) in [6, 6.07) is 31.0. The van der Waals surface area contributed by atoms with Crippen LogP contribution in [0.3, 0.4) is 0 Å². The van der Waals surface area contributed by atoms with Crippen LogP contribution in [0.1, 0.15) is 36.7 Å². The number of ether oxygens (including phenoxy) is 2. The van der Waals surface area contributed by atoms with Crippen LogP contribution in [0.25, 0.3) is 5.69 Å². The number of aliphatic imine (C=N–C) groups is 2. The van der Waals surface area contributed by atoms with Crippen molar-refractivity contribution in [3.05, 3.63) is 114 Å². The van der Waals surface area contributed by atoms with Crippen LogP contribution in [0.4, 0.5) is 22.9 Å². The molecule has 0 radical (unpaired) electrons. The maximum atomic E-state index is 10.6. The topological polar surface area (TPSA) is 96.5 Å². The van der Waals surface area contributed by atoms with Gasteiger partial charge in [0.25, 0.3) is 0 Å². The fourth-order valence-electron chi connectivity index (χ4n) is 5.81. The van der Waals surface area contributed by atoms with Crippen molar-refractivity contribution >= 4 is 34.6 Å². The lowest BCUT2D eigenvalue weighted by molar-refractivity contribution is 0.317. The van der Waals surface area contributed by atoms with Crippen molar-refractivity contribution in [1.29, 1.82) is 0 Å². The summed E-state index contributed by atoms with van der Waals surface area (Å²) in [4.78, 5) is 12.6. The fraction of sp³-hybridized carbons (Fsp3) is 0.171. The number of aryl methyl sites for hydroxylation is 1. The van der Waals surface area contributed by atoms with Crippen LogP contribution in [-0.2, 0) is 0 Å². The minimum absolute atomic E-state index is 0.0905. The summed E-state index contributed by atoms with van der Waals surface area (Å²) >= 11 is 0. The van der Waals surface area contributed by atoms with Crippen molar-refractivity contribution in [2.45, 2.75) is 26.8 Å². The number of hydrogen-bond donors (Lipinski definition) is 2. The summed E-state index contributed by atoms with van der Waals surface area (Å²) in [5.74, 6) is 3.16. The molecule has 9 nitrogen and oxygen atoms in total. The lowest BCUT2D eigenvalue weighted by atomic mass is 9.93. The summed E-state index contributed by atoms with van der Waals surface area (Å²) in [7, 11) is 0. The Labute approximate surface area is 255 Å². The number of amidine groups is 2. The van der Waals surface area contributed by atoms with Gasteiger partial charge in [-0.2, -0.15) is 5.10 Å². The Bertz CT molecular complexity index is 1910. The predicted molar refractivity (Wildman–Crippen MR) is 174 cm³/mol. The summed E-state index contributed by atoms with van der Waals surface area (Å²) in [5, 5.41) is 19.2. The van der Waals surface area contributed by atoms with E-state index < -0.39 is 0 Å². The zero-order chi connectivity index (χ0) is 30.2. The van der Waals surface area contributed by atoms with Gasteiger partial charge in [0.1, 0.15) is 5.75 Å². The van der Waals surface area contributed by atoms with E-state index in [0.29, 0.717) is 36.5 Å². The molecule has 5 aromatic rings. The molecule has 220 valence electrons. The number of hydrogen-bond acceptors (Lipinski definition) is 8. The number of para-hydroxylation sites is 5. The number of nitrogens with zero attached hydrogens (tertiary/aromatic N) is 5. The molecular formula is C35H32N6O3. The number of phenolic OH excluding ortho intramolecular Hbond substituents is 1. The number of aromatic hydroxyl groups is 1. The van der Waals surface area contributed by atoms with Crippen molar-refractivity contribution in [1.82, 2.24) is 9.78 Å². The van der Waals surface area contributed by atoms with Crippen LogP contribution >= 0.6 is 0 Å². The molecule has 1 aromatic heterocycles. The summed E-state index contributed by atoms with van der Waals surface area (Å²) in [6.45, 7) is 6.84. The van der Waals surface area contributed by atoms with Crippen molar-refractivity contribution in [2.75, 3.05) is 23.4 Å². The Balaban J connectivity index is 1.49. The SMILES string of the molecule is CCOc1cc(C2c3c(C)nn(-c4ccccc4)c3N=C3C(Nc4ccccc4OCC)=Nc4ccccc4N32)ccc1O. The molecule has 0 saturated carbocycles. The Morgan fingerprint density at radius 3 is 2.36 bits per heavy atom. The first-order valence-electron chi connectivity index (χ1n) is 14.7. The molecule has 44 heavy (non-hydrogen) atoms. The van der Waals surface area contributed by atoms with E-state index in [1.165, 1.54) is 0 Å². The monoisotopic (exact) mass is 584 g/mol. The van der Waals surface area contributed by atoms with Gasteiger partial charge in [0.15, 0.2) is 29.0 Å². The second-order valence-corrected chi connectivity index (χ2v) is 10.4. The van der Waals surface area contributed by atoms with E-state index in [9.17, 15) is 5.11 Å². The lowest BCUT2D eigenvalue weighted by Crippen LogP contribution is -2.46. The van der Waals surface area contributed by atoms with E-state index in [1.807, 2.05) is 110 Å². The van der Waals surface area contributed by atoms with Gasteiger partial charge in [0.2, 0.25) is 0 Å². The summed E-state index contributed by atoms with van der Waals surface area (Å²) in [6.07, 6.45) is 0. The molecule has 3 heterocycles. The van der Waals surface area contributed by atoms with Crippen LogP contribution in [-0.4, -0.2) is 39.8 Å². The van der Waals surface area contributed by atoms with E-state index in [-0.39, 0.29) is 11.8 Å². The third-order valence-corrected chi connectivity index (χ3v) is 7.68. The molecule has 2 aliphatic rings. The number of rotatable bonds is 7. The highest BCUT2D eigenvalue weighted by molar-refractivity contribution is 6.51. The second kappa shape index (κ2) is 11.3. The Hall–Kier alpha value is -5.57. The molecule has 1 atom stereocenters. The van der Waals surface area contributed by atoms with Gasteiger partial charge >= 0.3 is 0 Å². The van der Waals surface area contributed by atoms with Gasteiger partial charge in [-0.1, -0.05) is 48.5 Å². The van der Waals surface area contributed by atoms with Gasteiger partial charge in [-0.25, -0.2) is 14.7 Å². The minimum atomic E-state index is -0.356. The molecule has 4 aromatic carbocycles. The number of phenols is 1. The van der Waals surface area contributed by atoms with Crippen molar-refractivity contribution in [2.24, 2.45) is 9.98 Å². The number of benzene rings is 4. The number of aromatic nitrogens is 2. The normalized spacial score (nSPS) is 15.0. The van der Waals surface area contributed by atoms with Gasteiger partial charge < -0.3 is 24.8 Å². The molecule has 0 fully saturated rings. The third-order valence-electron chi connectivity index (χ3n) is 7.68. The van der Waals surface area contributed by atoms with Crippen LogP contribution in [0.2, 0.25) is 0 Å². The number of fused-ring (bicyclic) bond motifs is 4. The van der Waals surface area contributed by atoms with E-state index in [1.54, 1.807) is 6.07 Å². The molecule has 0 bridgehead atoms. The fourth-order valence-corrected chi connectivity index (χ4v) is 5.81. The molecule has 2 N–H and O–H groups in total. The van der Waals surface area contributed by atoms with Gasteiger partial charge in [0, 0.05) is 5.56 Å². The standard InChI is InChI=1S/C35H32N6O3/c1-4-43-29-18-12-10-16-26(29)37-33-35-38-34-31(22(3)39-41(34)24-13-7-6-8-14-24)32(23-19-20-28(42)30(21-23)44-5-2)40(35)27-17-11-9-15-25(27)36-33/h6-21,32,42H,4-5H2,1-3H3,(H,36,37). The quantitative estimate of drug-likeness (QED) is 0.206. The van der Waals surface area contributed by atoms with Gasteiger partial charge in [-0.15, -0.1) is 0 Å². The first-order chi connectivity index (χ1) is 21.6. The molecule has 7 rings (SSSR count). The number of anilines is 2. The molecule has 0 spiro atoms. The second-order valence-electron chi connectivity index (χ2n) is 10.4. The maximum absolute atomic E-state index is 10.6. The first-order valence-corrected chi connectivity index (χ1v) is 14.7. The molecule has 0 saturated heterocycles. The van der Waals surface area contributed by atoms with Crippen LogP contribution < -0.4 is 19.7 Å². The Kier molecular flexibility index (Phi) is 6.98. The third kappa shape index (κ3) is 4.63. The van der Waals surface area contributed by atoms with Gasteiger partial charge in [-0.3, -0.25) is 0 Å². The zero-order valence-corrected chi connectivity index (χ0v) is 24.7. The van der Waals surface area contributed by atoms with E-state index in [2.05, 4.69) is 16.3 Å². The number of nitrogens with one attached hydrogen (secondary N) is 1. The minimum Gasteiger partial charge on any atom is -0.504 e. The van der Waals surface area contributed by atoms with Gasteiger partial charge in [-0.05, 0) is 74.9 Å². The predicted octanol–water partition coefficient (Wildman–Crippen LogP) is 7.48. The highest BCUT2D eigenvalue weighted by Gasteiger charge is 2.41. The zero-order valence-electron chi connectivity index (χ0n) is 24.7. The average molecular weight is 585 g/mol. The van der Waals surface area contributed by atoms with Crippen molar-refractivity contribution in [3.63, 3.8) is 0 Å². The lowest BCUT2D eigenvalue weighted by Gasteiger charge is -2.40. The van der Waals surface area contributed by atoms with Crippen LogP contribution in [0.5, 0.6) is 17.2 Å². The maximum Gasteiger partial charge on any atom is 0.179 e. The molecular weight excluding hydrogens is 552 g/mol. The summed E-state index contributed by atoms with van der Waals surface area (Å²) < 4.78 is 13.7. The van der Waals surface area contributed by atoms with E-state index in [4.69, 9.17) is 24.6 Å². The van der Waals surface area contributed by atoms with Gasteiger partial charge in [0.05, 0.1) is 47.7 Å². The summed E-state index contributed by atoms with van der Waals surface area (Å²) in [5.41, 5.74) is 6.11. The molecule has 9 heteroatoms. The van der Waals surface area contributed by atoms with Crippen LogP contribution in [0.15, 0.2) is 107 Å². The van der Waals surface area contributed by atoms with Crippen molar-refractivity contribution in [3.8, 4) is 22.9 Å². The smallest absolute Gasteiger partial charge is 0.179 e. The Morgan fingerprint density at radius 1 is 0.818 bits per heavy atom. The highest BCUT2D eigenvalue weighted by atomic mass is 16.5. The first kappa shape index (κ1) is 27.3. The Morgan fingerprint density at radius 2 is 1.55 bits per heavy atom. The molecule has 2 aliphatic heterocycles. The highest BCUT2D eigenvalue weighted by Crippen LogP contribution is 2.49. The molecule has 1 unspecified atom stereocenters. The molecule has 0 aliphatic carbocycles. The van der Waals surface area contributed by atoms with E-state index >= 15 is 0 Å². The van der Waals surface area contributed by atoms with Crippen molar-refractivity contribution < 1.29 is 14.6 Å². The molecule has 0 amide bonds. The van der Waals surface area contributed by atoms with E-state index in [0.717, 1.165) is 45.3 Å². The van der Waals surface area contributed by atoms with Crippen LogP contribution in [0, 0.1) is 6.92 Å².